The lowest BCUT2D eigenvalue weighted by Gasteiger charge is -2.49. The summed E-state index contributed by atoms with van der Waals surface area (Å²) in [5.41, 5.74) is 5.89. The average molecular weight is 628 g/mol. The summed E-state index contributed by atoms with van der Waals surface area (Å²) in [5.74, 6) is -1.64. The van der Waals surface area contributed by atoms with Crippen LogP contribution in [0.1, 0.15) is 17.7 Å². The van der Waals surface area contributed by atoms with Crippen molar-refractivity contribution < 1.29 is 24.7 Å². The van der Waals surface area contributed by atoms with E-state index in [2.05, 4.69) is 25.8 Å². The first-order chi connectivity index (χ1) is 18.8. The molecule has 0 aliphatic carbocycles. The number of β-lactam (4-membered cyclic amide) rings is 1. The summed E-state index contributed by atoms with van der Waals surface area (Å²) in [6, 6.07) is 0.826. The Hall–Kier alpha value is -2.50. The van der Waals surface area contributed by atoms with Crippen molar-refractivity contribution in [2.75, 3.05) is 24.6 Å². The summed E-state index contributed by atoms with van der Waals surface area (Å²) in [7, 11) is 0. The van der Waals surface area contributed by atoms with Crippen LogP contribution < -0.4 is 16.4 Å². The van der Waals surface area contributed by atoms with Crippen molar-refractivity contribution in [2.45, 2.75) is 33.7 Å². The molecule has 17 heteroatoms. The second-order valence-electron chi connectivity index (χ2n) is 8.57. The van der Waals surface area contributed by atoms with Gasteiger partial charge in [0, 0.05) is 45.5 Å². The molecule has 39 heavy (non-hydrogen) atoms. The number of hydrogen-bond donors (Lipinski definition) is 5. The Kier molecular flexibility index (Phi) is 8.58. The van der Waals surface area contributed by atoms with E-state index in [0.717, 1.165) is 47.1 Å². The minimum absolute atomic E-state index is 0.0515. The predicted octanol–water partition coefficient (Wildman–Crippen LogP) is 2.04. The van der Waals surface area contributed by atoms with Crippen molar-refractivity contribution in [1.29, 1.82) is 0 Å². The highest BCUT2D eigenvalue weighted by molar-refractivity contribution is 8.06. The molecular formula is C22H22ClN7O5S4. The molecule has 5 heterocycles. The number of anilines is 1. The number of nitrogens with one attached hydrogen (secondary N) is 2. The molecule has 3 atom stereocenters. The van der Waals surface area contributed by atoms with Gasteiger partial charge in [-0.05, 0) is 24.6 Å². The Morgan fingerprint density at radius 3 is 2.90 bits per heavy atom. The topological polar surface area (TPSA) is 183 Å². The van der Waals surface area contributed by atoms with E-state index in [9.17, 15) is 24.7 Å². The van der Waals surface area contributed by atoms with E-state index in [1.807, 2.05) is 17.8 Å². The van der Waals surface area contributed by atoms with Crippen LogP contribution in [-0.4, -0.2) is 84.2 Å². The molecule has 5 rings (SSSR count). The van der Waals surface area contributed by atoms with Crippen LogP contribution in [0.15, 0.2) is 39.1 Å². The van der Waals surface area contributed by atoms with Gasteiger partial charge in [-0.15, -0.1) is 11.8 Å². The second kappa shape index (κ2) is 11.9. The van der Waals surface area contributed by atoms with Gasteiger partial charge < -0.3 is 26.7 Å². The number of aliphatic carboxylic acids is 1. The fourth-order valence-corrected chi connectivity index (χ4v) is 9.03. The van der Waals surface area contributed by atoms with Crippen LogP contribution in [-0.2, 0) is 20.1 Å². The molecule has 2 fully saturated rings. The van der Waals surface area contributed by atoms with Gasteiger partial charge in [0.15, 0.2) is 10.8 Å². The Morgan fingerprint density at radius 2 is 2.23 bits per heavy atom. The number of thioether (sulfide) groups is 3. The van der Waals surface area contributed by atoms with Gasteiger partial charge in [0.25, 0.3) is 11.8 Å². The summed E-state index contributed by atoms with van der Waals surface area (Å²) < 4.78 is 0.0515. The van der Waals surface area contributed by atoms with E-state index < -0.39 is 34.9 Å². The minimum Gasteiger partial charge on any atom is -0.477 e. The number of rotatable bonds is 9. The Morgan fingerprint density at radius 1 is 1.41 bits per heavy atom. The molecule has 12 nitrogen and oxygen atoms in total. The minimum atomic E-state index is -1.23. The molecule has 2 aromatic heterocycles. The van der Waals surface area contributed by atoms with Crippen molar-refractivity contribution >= 4 is 86.9 Å². The van der Waals surface area contributed by atoms with Gasteiger partial charge in [0.1, 0.15) is 27.1 Å². The molecule has 3 aliphatic rings. The number of carboxylic acid groups (broad SMARTS) is 1. The molecule has 1 unspecified atom stereocenters. The molecule has 2 saturated heterocycles. The third-order valence-electron chi connectivity index (χ3n) is 6.15. The fraction of sp³-hybridized carbons (Fsp3) is 0.364. The van der Waals surface area contributed by atoms with Crippen LogP contribution in [0.5, 0.6) is 0 Å². The number of nitrogens with zero attached hydrogens (tertiary/aromatic N) is 4. The van der Waals surface area contributed by atoms with Crippen LogP contribution in [0.2, 0.25) is 4.34 Å². The number of carboxylic acids is 1. The van der Waals surface area contributed by atoms with Gasteiger partial charge in [0.2, 0.25) is 0 Å². The maximum atomic E-state index is 13.1. The first-order valence-corrected chi connectivity index (χ1v) is 15.7. The zero-order valence-electron chi connectivity index (χ0n) is 20.0. The van der Waals surface area contributed by atoms with Crippen molar-refractivity contribution in [3.63, 3.8) is 0 Å². The number of carbonyl (C=O) groups is 3. The largest absolute Gasteiger partial charge is 0.477 e. The Bertz CT molecular complexity index is 1380. The first kappa shape index (κ1) is 28.0. The molecule has 0 saturated carbocycles. The zero-order valence-corrected chi connectivity index (χ0v) is 24.0. The van der Waals surface area contributed by atoms with E-state index in [-0.39, 0.29) is 20.9 Å². The lowest BCUT2D eigenvalue weighted by molar-refractivity contribution is -0.150. The smallest absolute Gasteiger partial charge is 0.353 e. The van der Waals surface area contributed by atoms with Crippen LogP contribution in [0.4, 0.5) is 5.13 Å². The number of amides is 2. The lowest BCUT2D eigenvalue weighted by Crippen LogP contribution is -2.71. The summed E-state index contributed by atoms with van der Waals surface area (Å²) in [6.45, 7) is 1.97. The van der Waals surface area contributed by atoms with Gasteiger partial charge >= 0.3 is 5.97 Å². The number of oxime groups is 1. The second-order valence-corrected chi connectivity index (χ2v) is 13.7. The Balaban J connectivity index is 1.31. The van der Waals surface area contributed by atoms with Crippen LogP contribution in [0.25, 0.3) is 0 Å². The maximum Gasteiger partial charge on any atom is 0.353 e. The highest BCUT2D eigenvalue weighted by atomic mass is 35.5. The number of hydrogen-bond acceptors (Lipinski definition) is 13. The van der Waals surface area contributed by atoms with Crippen molar-refractivity contribution in [1.82, 2.24) is 25.5 Å². The van der Waals surface area contributed by atoms with Gasteiger partial charge in [-0.1, -0.05) is 39.9 Å². The van der Waals surface area contributed by atoms with Crippen molar-refractivity contribution in [2.24, 2.45) is 5.16 Å². The monoisotopic (exact) mass is 627 g/mol. The Labute approximate surface area is 244 Å². The summed E-state index contributed by atoms with van der Waals surface area (Å²) >= 11 is 11.4. The van der Waals surface area contributed by atoms with E-state index >= 15 is 0 Å². The molecule has 206 valence electrons. The summed E-state index contributed by atoms with van der Waals surface area (Å²) in [4.78, 5) is 49.0. The van der Waals surface area contributed by atoms with Gasteiger partial charge in [-0.25, -0.2) is 9.78 Å². The van der Waals surface area contributed by atoms with Crippen LogP contribution >= 0.6 is 58.2 Å². The number of pyridine rings is 1. The van der Waals surface area contributed by atoms with Crippen LogP contribution in [0.3, 0.4) is 0 Å². The summed E-state index contributed by atoms with van der Waals surface area (Å²) in [5, 5.41) is 28.2. The van der Waals surface area contributed by atoms with Crippen LogP contribution in [0, 0.1) is 0 Å². The molecule has 6 N–H and O–H groups in total. The third kappa shape index (κ3) is 5.71. The maximum absolute atomic E-state index is 13.1. The van der Waals surface area contributed by atoms with E-state index in [4.69, 9.17) is 17.3 Å². The highest BCUT2D eigenvalue weighted by Gasteiger charge is 2.54. The molecule has 0 radical (unpaired) electrons. The summed E-state index contributed by atoms with van der Waals surface area (Å²) in [6.07, 6.45) is 4.56. The number of aromatic nitrogens is 2. The number of fused-ring (bicyclic) bond motifs is 1. The number of carbonyl (C=O) groups excluding carboxylic acids is 2. The highest BCUT2D eigenvalue weighted by Crippen LogP contribution is 2.46. The molecule has 2 amide bonds. The number of halogens is 1. The standard InChI is InChI=1S/C22H22ClN7O5S4/c23-17-13(28-22(24)39-17)14(29-35)18(31)27-15-19(32)30-16(21(33)34)12(8-37-20(15)30)38-11-2-4-25-5-9(11)7-36-10-1-3-26-6-10/h2,4-5,10,15,20,26,35H,1,3,6-8H2,(H2,24,28)(H,27,31)(H,33,34)/b29-14-/t10?,15-,20-/m1/s1. The quantitative estimate of drug-likeness (QED) is 0.118. The lowest BCUT2D eigenvalue weighted by atomic mass is 10.0. The fourth-order valence-electron chi connectivity index (χ4n) is 4.28. The molecule has 0 aromatic carbocycles. The predicted molar refractivity (Wildman–Crippen MR) is 152 cm³/mol. The first-order valence-electron chi connectivity index (χ1n) is 11.6. The van der Waals surface area contributed by atoms with Crippen molar-refractivity contribution in [3.8, 4) is 0 Å². The van der Waals surface area contributed by atoms with Crippen molar-refractivity contribution in [3.05, 3.63) is 44.7 Å². The number of nitrogens with two attached hydrogens (primary N) is 1. The van der Waals surface area contributed by atoms with Gasteiger partial charge in [-0.3, -0.25) is 19.5 Å². The normalized spacial score (nSPS) is 23.0. The van der Waals surface area contributed by atoms with Gasteiger partial charge in [0.05, 0.1) is 0 Å². The molecule has 2 aromatic rings. The molecule has 3 aliphatic heterocycles. The molecule has 0 spiro atoms. The van der Waals surface area contributed by atoms with E-state index in [1.54, 1.807) is 12.4 Å². The molecule has 0 bridgehead atoms. The zero-order chi connectivity index (χ0) is 27.7. The van der Waals surface area contributed by atoms with E-state index in [0.29, 0.717) is 15.9 Å². The molecular weight excluding hydrogens is 606 g/mol. The number of nitrogen functional groups attached to an aromatic ring is 1. The SMILES string of the molecule is Nc1nc(/C(=N/O)C(=O)N[C@@H]2C(=O)N3C(C(=O)O)=C(Sc4ccncc4CSC4CCNC4)CS[C@H]23)c(Cl)s1. The third-order valence-corrected chi connectivity index (χ3v) is 11.2. The van der Waals surface area contributed by atoms with Gasteiger partial charge in [-0.2, -0.15) is 11.8 Å². The average Bonchev–Trinajstić information content (AvgIpc) is 3.55. The number of thiazole rings is 1. The van der Waals surface area contributed by atoms with E-state index in [1.165, 1.54) is 28.4 Å².